The molecule has 0 saturated carbocycles. The van der Waals surface area contributed by atoms with Gasteiger partial charge in [-0.1, -0.05) is 45.4 Å². The van der Waals surface area contributed by atoms with Crippen molar-refractivity contribution in [2.45, 2.75) is 58.8 Å². The van der Waals surface area contributed by atoms with E-state index in [0.29, 0.717) is 0 Å². The second-order valence-electron chi connectivity index (χ2n) is 5.55. The summed E-state index contributed by atoms with van der Waals surface area (Å²) in [5.74, 6) is 2.39. The fourth-order valence-electron chi connectivity index (χ4n) is 3.22. The van der Waals surface area contributed by atoms with E-state index in [1.165, 1.54) is 24.8 Å². The van der Waals surface area contributed by atoms with Crippen LogP contribution in [0.4, 0.5) is 0 Å². The van der Waals surface area contributed by atoms with Crippen LogP contribution in [0.5, 0.6) is 0 Å². The van der Waals surface area contributed by atoms with Crippen molar-refractivity contribution < 1.29 is 0 Å². The molecule has 0 nitrogen and oxygen atoms in total. The fourth-order valence-corrected chi connectivity index (χ4v) is 3.22. The third-order valence-corrected chi connectivity index (χ3v) is 4.50. The van der Waals surface area contributed by atoms with Crippen LogP contribution < -0.4 is 0 Å². The molecule has 0 saturated heterocycles. The van der Waals surface area contributed by atoms with E-state index in [1.54, 1.807) is 11.1 Å². The van der Waals surface area contributed by atoms with E-state index < -0.39 is 0 Å². The van der Waals surface area contributed by atoms with Gasteiger partial charge in [0.15, 0.2) is 0 Å². The van der Waals surface area contributed by atoms with Gasteiger partial charge in [-0.3, -0.25) is 0 Å². The average molecular weight is 216 g/mol. The molecule has 0 amide bonds. The third-order valence-electron chi connectivity index (χ3n) is 4.50. The number of fused-ring (bicyclic) bond motifs is 1. The Morgan fingerprint density at radius 2 is 2.06 bits per heavy atom. The van der Waals surface area contributed by atoms with Crippen LogP contribution >= 0.6 is 0 Å². The summed E-state index contributed by atoms with van der Waals surface area (Å²) in [6, 6.07) is 6.86. The monoisotopic (exact) mass is 216 g/mol. The Hall–Kier alpha value is -0.780. The molecule has 1 aliphatic rings. The second kappa shape index (κ2) is 4.61. The summed E-state index contributed by atoms with van der Waals surface area (Å²) >= 11 is 0. The Bertz CT molecular complexity index is 364. The van der Waals surface area contributed by atoms with Crippen LogP contribution in [0.1, 0.15) is 68.6 Å². The molecule has 0 N–H and O–H groups in total. The van der Waals surface area contributed by atoms with E-state index in [2.05, 4.69) is 45.9 Å². The van der Waals surface area contributed by atoms with E-state index in [0.717, 1.165) is 17.8 Å². The van der Waals surface area contributed by atoms with Gasteiger partial charge in [0.1, 0.15) is 0 Å². The molecule has 2 rings (SSSR count). The highest BCUT2D eigenvalue weighted by Gasteiger charge is 2.28. The molecule has 3 unspecified atom stereocenters. The van der Waals surface area contributed by atoms with Crippen molar-refractivity contribution in [3.63, 3.8) is 0 Å². The molecule has 88 valence electrons. The highest BCUT2D eigenvalue weighted by atomic mass is 14.3. The maximum Gasteiger partial charge on any atom is -0.0131 e. The van der Waals surface area contributed by atoms with Gasteiger partial charge in [-0.05, 0) is 54.2 Å². The van der Waals surface area contributed by atoms with E-state index in [4.69, 9.17) is 0 Å². The SMILES string of the molecule is CCC(C)C1CCC(C)c2cccc(C)c21. The molecule has 0 aliphatic heterocycles. The predicted molar refractivity (Wildman–Crippen MR) is 71.0 cm³/mol. The lowest BCUT2D eigenvalue weighted by molar-refractivity contribution is 0.377. The Balaban J connectivity index is 2.46. The summed E-state index contributed by atoms with van der Waals surface area (Å²) in [5, 5.41) is 0. The van der Waals surface area contributed by atoms with Crippen molar-refractivity contribution in [1.82, 2.24) is 0 Å². The molecule has 0 radical (unpaired) electrons. The quantitative estimate of drug-likeness (QED) is 0.651. The van der Waals surface area contributed by atoms with Crippen molar-refractivity contribution >= 4 is 0 Å². The number of hydrogen-bond donors (Lipinski definition) is 0. The van der Waals surface area contributed by atoms with Gasteiger partial charge in [-0.25, -0.2) is 0 Å². The van der Waals surface area contributed by atoms with Crippen molar-refractivity contribution in [3.8, 4) is 0 Å². The standard InChI is InChI=1S/C16H24/c1-5-11(2)15-10-9-12(3)14-8-6-7-13(4)16(14)15/h6-8,11-12,15H,5,9-10H2,1-4H3. The molecular formula is C16H24. The highest BCUT2D eigenvalue weighted by molar-refractivity contribution is 5.41. The summed E-state index contributed by atoms with van der Waals surface area (Å²) in [6.45, 7) is 9.40. The first-order valence-electron chi connectivity index (χ1n) is 6.74. The lowest BCUT2D eigenvalue weighted by atomic mass is 9.70. The largest absolute Gasteiger partial charge is 0.0651 e. The lowest BCUT2D eigenvalue weighted by Crippen LogP contribution is -2.19. The molecule has 1 aromatic carbocycles. The summed E-state index contributed by atoms with van der Waals surface area (Å²) in [4.78, 5) is 0. The molecule has 0 heterocycles. The van der Waals surface area contributed by atoms with Crippen LogP contribution in [0, 0.1) is 12.8 Å². The first kappa shape index (κ1) is 11.7. The van der Waals surface area contributed by atoms with E-state index in [1.807, 2.05) is 0 Å². The van der Waals surface area contributed by atoms with Gasteiger partial charge in [0, 0.05) is 0 Å². The van der Waals surface area contributed by atoms with Gasteiger partial charge in [-0.15, -0.1) is 0 Å². The average Bonchev–Trinajstić information content (AvgIpc) is 2.30. The minimum absolute atomic E-state index is 0.759. The van der Waals surface area contributed by atoms with Gasteiger partial charge in [-0.2, -0.15) is 0 Å². The molecule has 0 heteroatoms. The van der Waals surface area contributed by atoms with Crippen molar-refractivity contribution in [1.29, 1.82) is 0 Å². The summed E-state index contributed by atoms with van der Waals surface area (Å²) in [6.07, 6.45) is 4.05. The Morgan fingerprint density at radius 1 is 1.31 bits per heavy atom. The molecular weight excluding hydrogens is 192 g/mol. The summed E-state index contributed by atoms with van der Waals surface area (Å²) in [5.41, 5.74) is 4.81. The van der Waals surface area contributed by atoms with Crippen LogP contribution in [0.25, 0.3) is 0 Å². The van der Waals surface area contributed by atoms with Crippen LogP contribution in [0.15, 0.2) is 18.2 Å². The molecule has 0 spiro atoms. The number of benzene rings is 1. The summed E-state index contributed by atoms with van der Waals surface area (Å²) in [7, 11) is 0. The first-order valence-corrected chi connectivity index (χ1v) is 6.74. The first-order chi connectivity index (χ1) is 7.65. The normalized spacial score (nSPS) is 26.2. The Morgan fingerprint density at radius 3 is 2.75 bits per heavy atom. The highest BCUT2D eigenvalue weighted by Crippen LogP contribution is 2.44. The molecule has 1 aliphatic carbocycles. The topological polar surface area (TPSA) is 0 Å². The lowest BCUT2D eigenvalue weighted by Gasteiger charge is -2.34. The van der Waals surface area contributed by atoms with Crippen LogP contribution in [0.2, 0.25) is 0 Å². The molecule has 0 fully saturated rings. The van der Waals surface area contributed by atoms with Crippen molar-refractivity contribution in [2.75, 3.05) is 0 Å². The number of hydrogen-bond acceptors (Lipinski definition) is 0. The van der Waals surface area contributed by atoms with E-state index >= 15 is 0 Å². The van der Waals surface area contributed by atoms with Crippen LogP contribution in [-0.2, 0) is 0 Å². The molecule has 0 bridgehead atoms. The van der Waals surface area contributed by atoms with Gasteiger partial charge in [0.2, 0.25) is 0 Å². The molecule has 16 heavy (non-hydrogen) atoms. The van der Waals surface area contributed by atoms with Gasteiger partial charge in [0.05, 0.1) is 0 Å². The van der Waals surface area contributed by atoms with Crippen LogP contribution in [0.3, 0.4) is 0 Å². The third kappa shape index (κ3) is 1.90. The zero-order valence-electron chi connectivity index (χ0n) is 11.1. The van der Waals surface area contributed by atoms with Gasteiger partial charge < -0.3 is 0 Å². The molecule has 1 aromatic rings. The minimum Gasteiger partial charge on any atom is -0.0651 e. The van der Waals surface area contributed by atoms with E-state index in [9.17, 15) is 0 Å². The Kier molecular flexibility index (Phi) is 3.37. The minimum atomic E-state index is 0.759. The van der Waals surface area contributed by atoms with Crippen molar-refractivity contribution in [3.05, 3.63) is 34.9 Å². The van der Waals surface area contributed by atoms with Gasteiger partial charge in [0.25, 0.3) is 0 Å². The smallest absolute Gasteiger partial charge is 0.0131 e. The fraction of sp³-hybridized carbons (Fsp3) is 0.625. The Labute approximate surface area is 100 Å². The van der Waals surface area contributed by atoms with Crippen molar-refractivity contribution in [2.24, 2.45) is 5.92 Å². The maximum atomic E-state index is 2.41. The van der Waals surface area contributed by atoms with E-state index in [-0.39, 0.29) is 0 Å². The van der Waals surface area contributed by atoms with Crippen LogP contribution in [-0.4, -0.2) is 0 Å². The zero-order valence-corrected chi connectivity index (χ0v) is 11.1. The predicted octanol–water partition coefficient (Wildman–Crippen LogP) is 5.02. The second-order valence-corrected chi connectivity index (χ2v) is 5.55. The maximum absolute atomic E-state index is 2.41. The molecule has 3 atom stereocenters. The number of aryl methyl sites for hydroxylation is 1. The zero-order chi connectivity index (χ0) is 11.7. The number of rotatable bonds is 2. The summed E-state index contributed by atoms with van der Waals surface area (Å²) < 4.78 is 0. The molecule has 0 aromatic heterocycles. The van der Waals surface area contributed by atoms with Gasteiger partial charge >= 0.3 is 0 Å².